The van der Waals surface area contributed by atoms with E-state index in [2.05, 4.69) is 10.6 Å². The molecule has 2 aromatic carbocycles. The molecule has 0 spiro atoms. The first kappa shape index (κ1) is 22.3. The van der Waals surface area contributed by atoms with Crippen molar-refractivity contribution in [3.63, 3.8) is 0 Å². The van der Waals surface area contributed by atoms with Crippen molar-refractivity contribution in [3.05, 3.63) is 53.6 Å². The van der Waals surface area contributed by atoms with Crippen LogP contribution in [0.3, 0.4) is 0 Å². The van der Waals surface area contributed by atoms with Gasteiger partial charge < -0.3 is 25.8 Å². The lowest BCUT2D eigenvalue weighted by Crippen LogP contribution is -2.32. The number of hydrogen-bond donors (Lipinski definition) is 3. The van der Waals surface area contributed by atoms with Crippen LogP contribution in [0.1, 0.15) is 28.9 Å². The quantitative estimate of drug-likeness (QED) is 0.670. The molecule has 2 amide bonds. The van der Waals surface area contributed by atoms with Crippen LogP contribution in [0.15, 0.2) is 42.5 Å². The molecule has 0 aliphatic heterocycles. The Balaban J connectivity index is 0.00000364. The molecule has 146 valence electrons. The van der Waals surface area contributed by atoms with Gasteiger partial charge in [0, 0.05) is 25.1 Å². The third kappa shape index (κ3) is 5.87. The first-order valence-electron chi connectivity index (χ1n) is 8.08. The van der Waals surface area contributed by atoms with Crippen LogP contribution in [0.25, 0.3) is 0 Å². The highest BCUT2D eigenvalue weighted by molar-refractivity contribution is 5.99. The Bertz CT molecular complexity index is 784. The number of halogens is 1. The maximum Gasteiger partial charge on any atom is 0.251 e. The summed E-state index contributed by atoms with van der Waals surface area (Å²) in [4.78, 5) is 23.9. The molecular weight excluding hydrogens is 370 g/mol. The molecular formula is C19H24ClN3O4. The molecule has 0 aliphatic carbocycles. The Morgan fingerprint density at radius 3 is 2.33 bits per heavy atom. The van der Waals surface area contributed by atoms with Crippen LogP contribution in [0.4, 0.5) is 5.69 Å². The minimum Gasteiger partial charge on any atom is -0.493 e. The fraction of sp³-hybridized carbons (Fsp3) is 0.263. The summed E-state index contributed by atoms with van der Waals surface area (Å²) in [6.07, 6.45) is 0. The van der Waals surface area contributed by atoms with Crippen molar-refractivity contribution < 1.29 is 19.1 Å². The summed E-state index contributed by atoms with van der Waals surface area (Å²) in [5, 5.41) is 5.43. The number of hydrogen-bond acceptors (Lipinski definition) is 5. The lowest BCUT2D eigenvalue weighted by atomic mass is 10.1. The second-order valence-electron chi connectivity index (χ2n) is 5.67. The van der Waals surface area contributed by atoms with Gasteiger partial charge in [0.15, 0.2) is 11.5 Å². The van der Waals surface area contributed by atoms with E-state index in [0.717, 1.165) is 5.56 Å². The van der Waals surface area contributed by atoms with E-state index in [9.17, 15) is 9.59 Å². The maximum absolute atomic E-state index is 12.5. The molecule has 1 atom stereocenters. The van der Waals surface area contributed by atoms with Crippen LogP contribution in [0.2, 0.25) is 0 Å². The van der Waals surface area contributed by atoms with Crippen LogP contribution in [0, 0.1) is 0 Å². The molecule has 2 rings (SSSR count). The standard InChI is InChI=1S/C19H23N3O4.ClH/c1-12(23)22-16-9-14(10-17(25-2)18(16)26-3)19(24)21-11-15(20)13-7-5-4-6-8-13;/h4-10,15H,11,20H2,1-3H3,(H,21,24)(H,22,23);1H. The van der Waals surface area contributed by atoms with Gasteiger partial charge in [-0.1, -0.05) is 30.3 Å². The Morgan fingerprint density at radius 2 is 1.78 bits per heavy atom. The SMILES string of the molecule is COc1cc(C(=O)NCC(N)c2ccccc2)cc(NC(C)=O)c1OC.Cl. The molecule has 0 heterocycles. The highest BCUT2D eigenvalue weighted by Crippen LogP contribution is 2.36. The fourth-order valence-corrected chi connectivity index (χ4v) is 2.50. The minimum absolute atomic E-state index is 0. The summed E-state index contributed by atoms with van der Waals surface area (Å²) in [5.74, 6) is 0.0782. The van der Waals surface area contributed by atoms with Gasteiger partial charge in [-0.2, -0.15) is 0 Å². The summed E-state index contributed by atoms with van der Waals surface area (Å²) in [7, 11) is 2.92. The third-order valence-corrected chi connectivity index (χ3v) is 3.76. The van der Waals surface area contributed by atoms with E-state index in [1.54, 1.807) is 6.07 Å². The zero-order chi connectivity index (χ0) is 19.1. The molecule has 0 aromatic heterocycles. The van der Waals surface area contributed by atoms with Crippen molar-refractivity contribution >= 4 is 29.9 Å². The number of benzene rings is 2. The topological polar surface area (TPSA) is 103 Å². The monoisotopic (exact) mass is 393 g/mol. The minimum atomic E-state index is -0.330. The van der Waals surface area contributed by atoms with Crippen molar-refractivity contribution in [1.82, 2.24) is 5.32 Å². The Labute approximate surface area is 164 Å². The average molecular weight is 394 g/mol. The lowest BCUT2D eigenvalue weighted by Gasteiger charge is -2.16. The molecule has 0 bridgehead atoms. The van der Waals surface area contributed by atoms with Gasteiger partial charge in [0.1, 0.15) is 0 Å². The zero-order valence-electron chi connectivity index (χ0n) is 15.4. The van der Waals surface area contributed by atoms with Crippen LogP contribution < -0.4 is 25.8 Å². The highest BCUT2D eigenvalue weighted by Gasteiger charge is 2.17. The van der Waals surface area contributed by atoms with Crippen molar-refractivity contribution in [1.29, 1.82) is 0 Å². The average Bonchev–Trinajstić information content (AvgIpc) is 2.65. The summed E-state index contributed by atoms with van der Waals surface area (Å²) < 4.78 is 10.5. The van der Waals surface area contributed by atoms with E-state index in [4.69, 9.17) is 15.2 Å². The second kappa shape index (κ2) is 10.4. The number of carbonyl (C=O) groups excluding carboxylic acids is 2. The van der Waals surface area contributed by atoms with Gasteiger partial charge in [-0.05, 0) is 17.7 Å². The predicted octanol–water partition coefficient (Wildman–Crippen LogP) is 2.51. The number of ether oxygens (including phenoxy) is 2. The number of nitrogens with one attached hydrogen (secondary N) is 2. The maximum atomic E-state index is 12.5. The number of amides is 2. The van der Waals surface area contributed by atoms with E-state index in [0.29, 0.717) is 22.7 Å². The van der Waals surface area contributed by atoms with E-state index >= 15 is 0 Å². The zero-order valence-corrected chi connectivity index (χ0v) is 16.3. The lowest BCUT2D eigenvalue weighted by molar-refractivity contribution is -0.114. The van der Waals surface area contributed by atoms with Crippen LogP contribution in [0.5, 0.6) is 11.5 Å². The van der Waals surface area contributed by atoms with Crippen LogP contribution in [-0.2, 0) is 4.79 Å². The van der Waals surface area contributed by atoms with Gasteiger partial charge in [-0.15, -0.1) is 12.4 Å². The molecule has 2 aromatic rings. The first-order valence-corrected chi connectivity index (χ1v) is 8.08. The van der Waals surface area contributed by atoms with E-state index in [1.165, 1.54) is 27.2 Å². The molecule has 0 saturated carbocycles. The molecule has 1 unspecified atom stereocenters. The van der Waals surface area contributed by atoms with E-state index < -0.39 is 0 Å². The molecule has 0 radical (unpaired) electrons. The number of carbonyl (C=O) groups is 2. The molecule has 0 aliphatic rings. The first-order chi connectivity index (χ1) is 12.5. The van der Waals surface area contributed by atoms with Crippen LogP contribution in [-0.4, -0.2) is 32.6 Å². The van der Waals surface area contributed by atoms with Gasteiger partial charge in [0.05, 0.1) is 19.9 Å². The summed E-state index contributed by atoms with van der Waals surface area (Å²) in [6, 6.07) is 12.3. The molecule has 4 N–H and O–H groups in total. The van der Waals surface area contributed by atoms with Gasteiger partial charge >= 0.3 is 0 Å². The molecule has 7 nitrogen and oxygen atoms in total. The van der Waals surface area contributed by atoms with Gasteiger partial charge in [-0.3, -0.25) is 9.59 Å². The van der Waals surface area contributed by atoms with E-state index in [-0.39, 0.29) is 36.8 Å². The number of nitrogens with two attached hydrogens (primary N) is 1. The van der Waals surface area contributed by atoms with Crippen molar-refractivity contribution in [3.8, 4) is 11.5 Å². The van der Waals surface area contributed by atoms with E-state index in [1.807, 2.05) is 30.3 Å². The molecule has 0 saturated heterocycles. The normalized spacial score (nSPS) is 11.0. The van der Waals surface area contributed by atoms with Gasteiger partial charge in [0.2, 0.25) is 5.91 Å². The molecule has 8 heteroatoms. The largest absolute Gasteiger partial charge is 0.493 e. The van der Waals surface area contributed by atoms with Crippen molar-refractivity contribution in [2.45, 2.75) is 13.0 Å². The fourth-order valence-electron chi connectivity index (χ4n) is 2.50. The smallest absolute Gasteiger partial charge is 0.251 e. The second-order valence-corrected chi connectivity index (χ2v) is 5.67. The van der Waals surface area contributed by atoms with Crippen LogP contribution >= 0.6 is 12.4 Å². The predicted molar refractivity (Wildman–Crippen MR) is 107 cm³/mol. The van der Waals surface area contributed by atoms with Gasteiger partial charge in [-0.25, -0.2) is 0 Å². The van der Waals surface area contributed by atoms with Crippen molar-refractivity contribution in [2.24, 2.45) is 5.73 Å². The highest BCUT2D eigenvalue weighted by atomic mass is 35.5. The number of anilines is 1. The Kier molecular flexibility index (Phi) is 8.58. The van der Waals surface area contributed by atoms with Crippen molar-refractivity contribution in [2.75, 3.05) is 26.1 Å². The molecule has 0 fully saturated rings. The number of rotatable bonds is 7. The summed E-state index contributed by atoms with van der Waals surface area (Å²) in [5.41, 5.74) is 7.72. The Morgan fingerprint density at radius 1 is 1.11 bits per heavy atom. The summed E-state index contributed by atoms with van der Waals surface area (Å²) >= 11 is 0. The number of methoxy groups -OCH3 is 2. The Hall–Kier alpha value is -2.77. The van der Waals surface area contributed by atoms with Gasteiger partial charge in [0.25, 0.3) is 5.91 Å². The molecule has 27 heavy (non-hydrogen) atoms. The third-order valence-electron chi connectivity index (χ3n) is 3.76. The summed E-state index contributed by atoms with van der Waals surface area (Å²) in [6.45, 7) is 1.64.